The van der Waals surface area contributed by atoms with Crippen molar-refractivity contribution in [1.82, 2.24) is 5.32 Å². The van der Waals surface area contributed by atoms with Crippen LogP contribution in [0.5, 0.6) is 11.5 Å². The Morgan fingerprint density at radius 2 is 1.97 bits per heavy atom. The first-order chi connectivity index (χ1) is 13.8. The van der Waals surface area contributed by atoms with Gasteiger partial charge in [0.15, 0.2) is 17.5 Å². The van der Waals surface area contributed by atoms with Gasteiger partial charge in [-0.15, -0.1) is 24.0 Å². The van der Waals surface area contributed by atoms with E-state index in [1.807, 2.05) is 18.2 Å². The summed E-state index contributed by atoms with van der Waals surface area (Å²) >= 11 is 0. The number of hydrogen-bond acceptors (Lipinski definition) is 6. The summed E-state index contributed by atoms with van der Waals surface area (Å²) < 4.78 is 39.8. The van der Waals surface area contributed by atoms with Gasteiger partial charge in [0.05, 0.1) is 19.0 Å². The minimum Gasteiger partial charge on any atom is -0.490 e. The summed E-state index contributed by atoms with van der Waals surface area (Å²) in [5.74, 6) is 2.47. The number of fused-ring (bicyclic) bond motifs is 1. The Morgan fingerprint density at radius 3 is 2.67 bits per heavy atom. The SMILES string of the molecule is CC(C)COCCCN=C(NCCS(C)(=O)=O)Nc1ccc2c(c1)OCCCO2.I. The number of rotatable bonds is 10. The van der Waals surface area contributed by atoms with Crippen molar-refractivity contribution in [2.45, 2.75) is 26.7 Å². The number of hydrogen-bond donors (Lipinski definition) is 2. The lowest BCUT2D eigenvalue weighted by molar-refractivity contribution is 0.109. The smallest absolute Gasteiger partial charge is 0.195 e. The van der Waals surface area contributed by atoms with Crippen molar-refractivity contribution < 1.29 is 22.6 Å². The molecule has 0 saturated carbocycles. The maximum Gasteiger partial charge on any atom is 0.195 e. The molecule has 2 rings (SSSR count). The van der Waals surface area contributed by atoms with Gasteiger partial charge in [-0.25, -0.2) is 8.42 Å². The second kappa shape index (κ2) is 13.9. The van der Waals surface area contributed by atoms with E-state index in [1.54, 1.807) is 0 Å². The predicted octanol–water partition coefficient (Wildman–Crippen LogP) is 2.93. The van der Waals surface area contributed by atoms with E-state index in [4.69, 9.17) is 14.2 Å². The van der Waals surface area contributed by atoms with E-state index in [2.05, 4.69) is 29.5 Å². The standard InChI is InChI=1S/C20H33N3O5S.HI/c1-16(2)15-26-10-4-8-21-20(22-9-13-29(3,24)25)23-17-6-7-18-19(14-17)28-12-5-11-27-18;/h6-7,14,16H,4-5,8-13,15H2,1-3H3,(H2,21,22,23);1H. The van der Waals surface area contributed by atoms with Crippen LogP contribution in [0.3, 0.4) is 0 Å². The normalized spacial score (nSPS) is 14.1. The van der Waals surface area contributed by atoms with Crippen LogP contribution in [-0.4, -0.2) is 65.9 Å². The van der Waals surface area contributed by atoms with E-state index in [0.29, 0.717) is 44.0 Å². The summed E-state index contributed by atoms with van der Waals surface area (Å²) in [7, 11) is -3.05. The molecule has 0 atom stereocenters. The van der Waals surface area contributed by atoms with E-state index in [9.17, 15) is 8.42 Å². The zero-order valence-electron chi connectivity index (χ0n) is 18.0. The van der Waals surface area contributed by atoms with Crippen LogP contribution in [0.2, 0.25) is 0 Å². The average molecular weight is 555 g/mol. The molecule has 0 aromatic heterocycles. The van der Waals surface area contributed by atoms with E-state index in [1.165, 1.54) is 6.26 Å². The summed E-state index contributed by atoms with van der Waals surface area (Å²) in [6.07, 6.45) is 2.84. The zero-order chi connectivity index (χ0) is 21.1. The van der Waals surface area contributed by atoms with Crippen LogP contribution >= 0.6 is 24.0 Å². The van der Waals surface area contributed by atoms with Gasteiger partial charge in [0.1, 0.15) is 9.84 Å². The number of nitrogens with one attached hydrogen (secondary N) is 2. The molecule has 0 saturated heterocycles. The van der Waals surface area contributed by atoms with Crippen LogP contribution in [0.25, 0.3) is 0 Å². The number of aliphatic imine (C=N–C) groups is 1. The van der Waals surface area contributed by atoms with Crippen LogP contribution in [-0.2, 0) is 14.6 Å². The quantitative estimate of drug-likeness (QED) is 0.198. The first-order valence-corrected chi connectivity index (χ1v) is 12.1. The zero-order valence-corrected chi connectivity index (χ0v) is 21.1. The van der Waals surface area contributed by atoms with Crippen molar-refractivity contribution in [3.05, 3.63) is 18.2 Å². The molecule has 1 aromatic rings. The molecule has 1 heterocycles. The van der Waals surface area contributed by atoms with Crippen molar-refractivity contribution >= 4 is 45.5 Å². The fourth-order valence-corrected chi connectivity index (χ4v) is 3.02. The molecule has 1 aliphatic heterocycles. The number of nitrogens with zero attached hydrogens (tertiary/aromatic N) is 1. The highest BCUT2D eigenvalue weighted by atomic mass is 127. The average Bonchev–Trinajstić information content (AvgIpc) is 2.88. The Labute approximate surface area is 197 Å². The van der Waals surface area contributed by atoms with Gasteiger partial charge >= 0.3 is 0 Å². The number of ether oxygens (including phenoxy) is 3. The molecule has 0 aliphatic carbocycles. The molecule has 0 amide bonds. The molecule has 2 N–H and O–H groups in total. The molecule has 0 unspecified atom stereocenters. The van der Waals surface area contributed by atoms with E-state index < -0.39 is 9.84 Å². The van der Waals surface area contributed by atoms with Gasteiger partial charge in [-0.1, -0.05) is 13.8 Å². The molecule has 1 aliphatic rings. The summed E-state index contributed by atoms with van der Waals surface area (Å²) in [5, 5.41) is 6.29. The maximum absolute atomic E-state index is 11.4. The second-order valence-electron chi connectivity index (χ2n) is 7.45. The lowest BCUT2D eigenvalue weighted by Gasteiger charge is -2.14. The molecule has 10 heteroatoms. The van der Waals surface area contributed by atoms with Crippen molar-refractivity contribution in [3.63, 3.8) is 0 Å². The largest absolute Gasteiger partial charge is 0.490 e. The Bertz CT molecular complexity index is 772. The summed E-state index contributed by atoms with van der Waals surface area (Å²) in [6, 6.07) is 5.60. The molecule has 0 radical (unpaired) electrons. The molecule has 30 heavy (non-hydrogen) atoms. The highest BCUT2D eigenvalue weighted by Gasteiger charge is 2.12. The first kappa shape index (κ1) is 26.8. The Morgan fingerprint density at radius 1 is 1.23 bits per heavy atom. The molecule has 8 nitrogen and oxygen atoms in total. The van der Waals surface area contributed by atoms with Crippen LogP contribution in [0.15, 0.2) is 23.2 Å². The van der Waals surface area contributed by atoms with Crippen molar-refractivity contribution in [2.75, 3.05) is 56.8 Å². The van der Waals surface area contributed by atoms with Gasteiger partial charge < -0.3 is 24.8 Å². The van der Waals surface area contributed by atoms with Gasteiger partial charge in [-0.2, -0.15) is 0 Å². The van der Waals surface area contributed by atoms with E-state index in [-0.39, 0.29) is 36.3 Å². The Kier molecular flexibility index (Phi) is 12.4. The number of guanidine groups is 1. The van der Waals surface area contributed by atoms with Gasteiger partial charge in [0.25, 0.3) is 0 Å². The molecule has 172 valence electrons. The number of halogens is 1. The molecule has 0 fully saturated rings. The van der Waals surface area contributed by atoms with Crippen LogP contribution in [0.4, 0.5) is 5.69 Å². The second-order valence-corrected chi connectivity index (χ2v) is 9.71. The lowest BCUT2D eigenvalue weighted by atomic mass is 10.2. The monoisotopic (exact) mass is 555 g/mol. The molecule has 0 spiro atoms. The van der Waals surface area contributed by atoms with Crippen LogP contribution in [0, 0.1) is 5.92 Å². The minimum atomic E-state index is -3.05. The fraction of sp³-hybridized carbons (Fsp3) is 0.650. The first-order valence-electron chi connectivity index (χ1n) is 10.0. The van der Waals surface area contributed by atoms with E-state index >= 15 is 0 Å². The molecular weight excluding hydrogens is 521 g/mol. The van der Waals surface area contributed by atoms with Crippen LogP contribution in [0.1, 0.15) is 26.7 Å². The van der Waals surface area contributed by atoms with Gasteiger partial charge in [0, 0.05) is 50.7 Å². The molecule has 0 bridgehead atoms. The summed E-state index contributed by atoms with van der Waals surface area (Å²) in [5.41, 5.74) is 0.788. The molecule has 1 aromatic carbocycles. The summed E-state index contributed by atoms with van der Waals surface area (Å²) in [4.78, 5) is 4.53. The third-order valence-electron chi connectivity index (χ3n) is 3.94. The number of benzene rings is 1. The minimum absolute atomic E-state index is 0. The van der Waals surface area contributed by atoms with Crippen molar-refractivity contribution in [2.24, 2.45) is 10.9 Å². The highest BCUT2D eigenvalue weighted by molar-refractivity contribution is 14.0. The Hall–Kier alpha value is -1.27. The Balaban J connectivity index is 0.00000450. The van der Waals surface area contributed by atoms with Crippen LogP contribution < -0.4 is 20.1 Å². The van der Waals surface area contributed by atoms with Gasteiger partial charge in [-0.05, 0) is 24.5 Å². The maximum atomic E-state index is 11.4. The highest BCUT2D eigenvalue weighted by Crippen LogP contribution is 2.32. The predicted molar refractivity (Wildman–Crippen MR) is 131 cm³/mol. The van der Waals surface area contributed by atoms with Crippen molar-refractivity contribution in [3.8, 4) is 11.5 Å². The lowest BCUT2D eigenvalue weighted by Crippen LogP contribution is -2.34. The van der Waals surface area contributed by atoms with Gasteiger partial charge in [0.2, 0.25) is 0 Å². The topological polar surface area (TPSA) is 98.2 Å². The number of anilines is 1. The number of sulfone groups is 1. The third kappa shape index (κ3) is 11.2. The van der Waals surface area contributed by atoms with E-state index in [0.717, 1.165) is 30.9 Å². The molecular formula is C20H34IN3O5S. The summed E-state index contributed by atoms with van der Waals surface area (Å²) in [6.45, 7) is 7.69. The third-order valence-corrected chi connectivity index (χ3v) is 4.89. The fourth-order valence-electron chi connectivity index (χ4n) is 2.55. The van der Waals surface area contributed by atoms with Crippen molar-refractivity contribution in [1.29, 1.82) is 0 Å². The van der Waals surface area contributed by atoms with Gasteiger partial charge in [-0.3, -0.25) is 4.99 Å².